The van der Waals surface area contributed by atoms with Crippen LogP contribution in [0.3, 0.4) is 0 Å². The van der Waals surface area contributed by atoms with Gasteiger partial charge in [-0.3, -0.25) is 4.79 Å². The smallest absolute Gasteiger partial charge is 0.279 e. The minimum atomic E-state index is -0.419. The van der Waals surface area contributed by atoms with E-state index in [2.05, 4.69) is 35.5 Å². The predicted molar refractivity (Wildman–Crippen MR) is 87.8 cm³/mol. The van der Waals surface area contributed by atoms with Crippen LogP contribution in [0.15, 0.2) is 41.3 Å². The van der Waals surface area contributed by atoms with Gasteiger partial charge in [0.05, 0.1) is 5.69 Å². The van der Waals surface area contributed by atoms with Crippen molar-refractivity contribution in [1.82, 2.24) is 20.3 Å². The zero-order chi connectivity index (χ0) is 16.9. The largest absolute Gasteiger partial charge is 0.364 e. The molecule has 0 spiro atoms. The molecule has 0 atom stereocenters. The minimum Gasteiger partial charge on any atom is -0.364 e. The third-order valence-corrected chi connectivity index (χ3v) is 3.40. The maximum atomic E-state index is 12.2. The van der Waals surface area contributed by atoms with Crippen LogP contribution in [0.4, 0.5) is 11.5 Å². The first-order valence-electron chi connectivity index (χ1n) is 7.03. The Labute approximate surface area is 142 Å². The van der Waals surface area contributed by atoms with Crippen LogP contribution < -0.4 is 10.6 Å². The van der Waals surface area contributed by atoms with Gasteiger partial charge < -0.3 is 10.6 Å². The Morgan fingerprint density at radius 1 is 1.25 bits per heavy atom. The molecule has 0 bridgehead atoms. The van der Waals surface area contributed by atoms with Crippen molar-refractivity contribution in [3.05, 3.63) is 58.8 Å². The molecular formula is C15H13ClN6O2. The Bertz CT molecular complexity index is 849. The molecule has 2 N–H and O–H groups in total. The van der Waals surface area contributed by atoms with Gasteiger partial charge in [0.1, 0.15) is 16.7 Å². The number of nitrogens with zero attached hydrogens (tertiary/aromatic N) is 4. The molecule has 0 aliphatic heterocycles. The molecule has 24 heavy (non-hydrogen) atoms. The lowest BCUT2D eigenvalue weighted by Gasteiger charge is -2.11. The highest BCUT2D eigenvalue weighted by Gasteiger charge is 2.16. The van der Waals surface area contributed by atoms with E-state index in [0.29, 0.717) is 28.9 Å². The van der Waals surface area contributed by atoms with Crippen molar-refractivity contribution in [3.63, 3.8) is 0 Å². The topological polar surface area (TPSA) is 106 Å². The first-order chi connectivity index (χ1) is 11.6. The van der Waals surface area contributed by atoms with Gasteiger partial charge in [0.25, 0.3) is 5.91 Å². The quantitative estimate of drug-likeness (QED) is 0.685. The first-order valence-corrected chi connectivity index (χ1v) is 7.41. The summed E-state index contributed by atoms with van der Waals surface area (Å²) in [4.78, 5) is 20.5. The molecule has 0 aliphatic carbocycles. The number of halogens is 1. The highest BCUT2D eigenvalue weighted by molar-refractivity contribution is 6.29. The first kappa shape index (κ1) is 15.9. The molecule has 0 fully saturated rings. The van der Waals surface area contributed by atoms with Crippen LogP contribution >= 0.6 is 11.6 Å². The summed E-state index contributed by atoms with van der Waals surface area (Å²) >= 11 is 5.76. The second-order valence-electron chi connectivity index (χ2n) is 4.89. The summed E-state index contributed by atoms with van der Waals surface area (Å²) in [6.45, 7) is 2.12. The van der Waals surface area contributed by atoms with Gasteiger partial charge in [-0.05, 0) is 35.8 Å². The van der Waals surface area contributed by atoms with Crippen molar-refractivity contribution in [2.24, 2.45) is 0 Å². The lowest BCUT2D eigenvalue weighted by atomic mass is 10.2. The minimum absolute atomic E-state index is 0.131. The maximum Gasteiger partial charge on any atom is 0.279 e. The van der Waals surface area contributed by atoms with Crippen LogP contribution in [-0.4, -0.2) is 26.2 Å². The van der Waals surface area contributed by atoms with Gasteiger partial charge in [0.15, 0.2) is 5.69 Å². The molecule has 3 aromatic heterocycles. The van der Waals surface area contributed by atoms with E-state index in [1.165, 1.54) is 0 Å². The van der Waals surface area contributed by atoms with E-state index in [1.807, 2.05) is 6.07 Å². The zero-order valence-corrected chi connectivity index (χ0v) is 13.4. The van der Waals surface area contributed by atoms with Gasteiger partial charge >= 0.3 is 0 Å². The van der Waals surface area contributed by atoms with Gasteiger partial charge in [-0.15, -0.1) is 0 Å². The average Bonchev–Trinajstić information content (AvgIpc) is 3.02. The van der Waals surface area contributed by atoms with Gasteiger partial charge in [0.2, 0.25) is 0 Å². The molecule has 1 amide bonds. The fourth-order valence-corrected chi connectivity index (χ4v) is 2.07. The zero-order valence-electron chi connectivity index (χ0n) is 12.7. The van der Waals surface area contributed by atoms with E-state index in [1.54, 1.807) is 37.5 Å². The van der Waals surface area contributed by atoms with Crippen molar-refractivity contribution >= 4 is 29.0 Å². The lowest BCUT2D eigenvalue weighted by Crippen LogP contribution is -2.15. The molecule has 3 rings (SSSR count). The fraction of sp³-hybridized carbons (Fsp3) is 0.133. The second kappa shape index (κ2) is 7.05. The highest BCUT2D eigenvalue weighted by Crippen LogP contribution is 2.20. The predicted octanol–water partition coefficient (Wildman–Crippen LogP) is 2.69. The van der Waals surface area contributed by atoms with Crippen molar-refractivity contribution in [3.8, 4) is 0 Å². The summed E-state index contributed by atoms with van der Waals surface area (Å²) in [5.74, 6) is 0.105. The lowest BCUT2D eigenvalue weighted by molar-refractivity contribution is 0.101. The highest BCUT2D eigenvalue weighted by atomic mass is 35.5. The summed E-state index contributed by atoms with van der Waals surface area (Å²) in [6, 6.07) is 7.02. The molecule has 0 aliphatic rings. The normalized spacial score (nSPS) is 10.4. The number of carbonyl (C=O) groups is 1. The number of aryl methyl sites for hydroxylation is 1. The molecule has 0 aromatic carbocycles. The second-order valence-corrected chi connectivity index (χ2v) is 5.28. The number of aromatic nitrogens is 4. The maximum absolute atomic E-state index is 12.2. The number of anilines is 2. The molecule has 0 saturated heterocycles. The Balaban J connectivity index is 1.72. The Morgan fingerprint density at radius 2 is 2.12 bits per heavy atom. The van der Waals surface area contributed by atoms with Crippen LogP contribution in [-0.2, 0) is 6.54 Å². The SMILES string of the molecule is Cc1nonc1C(=O)Nc1cccnc1NCc1ccc(Cl)nc1. The Morgan fingerprint density at radius 3 is 2.83 bits per heavy atom. The standard InChI is InChI=1S/C15H13ClN6O2/c1-9-13(22-24-21-9)15(23)20-11-3-2-6-17-14(11)19-8-10-4-5-12(16)18-7-10/h2-7H,8H2,1H3,(H,17,19)(H,20,23). The van der Waals surface area contributed by atoms with E-state index in [9.17, 15) is 4.79 Å². The van der Waals surface area contributed by atoms with E-state index in [-0.39, 0.29) is 5.69 Å². The number of pyridine rings is 2. The number of amides is 1. The Hall–Kier alpha value is -3.00. The van der Waals surface area contributed by atoms with Gasteiger partial charge in [0, 0.05) is 18.9 Å². The molecular weight excluding hydrogens is 332 g/mol. The van der Waals surface area contributed by atoms with E-state index >= 15 is 0 Å². The van der Waals surface area contributed by atoms with Crippen LogP contribution in [0.1, 0.15) is 21.7 Å². The van der Waals surface area contributed by atoms with Crippen LogP contribution in [0.5, 0.6) is 0 Å². The fourth-order valence-electron chi connectivity index (χ4n) is 1.96. The van der Waals surface area contributed by atoms with E-state index in [0.717, 1.165) is 5.56 Å². The van der Waals surface area contributed by atoms with Crippen LogP contribution in [0, 0.1) is 6.92 Å². The van der Waals surface area contributed by atoms with Gasteiger partial charge in [-0.2, -0.15) is 0 Å². The number of hydrogen-bond donors (Lipinski definition) is 2. The number of hydrogen-bond acceptors (Lipinski definition) is 7. The summed E-state index contributed by atoms with van der Waals surface area (Å²) in [7, 11) is 0. The molecule has 0 saturated carbocycles. The summed E-state index contributed by atoms with van der Waals surface area (Å²) in [5, 5.41) is 13.5. The summed E-state index contributed by atoms with van der Waals surface area (Å²) < 4.78 is 4.54. The molecule has 0 unspecified atom stereocenters. The Kier molecular flexibility index (Phi) is 4.66. The molecule has 3 aromatic rings. The van der Waals surface area contributed by atoms with E-state index < -0.39 is 5.91 Å². The third kappa shape index (κ3) is 3.66. The number of nitrogens with one attached hydrogen (secondary N) is 2. The summed E-state index contributed by atoms with van der Waals surface area (Å²) in [6.07, 6.45) is 3.29. The van der Waals surface area contributed by atoms with Gasteiger partial charge in [-0.1, -0.05) is 22.8 Å². The molecule has 9 heteroatoms. The third-order valence-electron chi connectivity index (χ3n) is 3.17. The number of carbonyl (C=O) groups excluding carboxylic acids is 1. The van der Waals surface area contributed by atoms with Gasteiger partial charge in [-0.25, -0.2) is 14.6 Å². The monoisotopic (exact) mass is 344 g/mol. The van der Waals surface area contributed by atoms with Crippen molar-refractivity contribution < 1.29 is 9.42 Å². The molecule has 3 heterocycles. The van der Waals surface area contributed by atoms with E-state index in [4.69, 9.17) is 11.6 Å². The number of rotatable bonds is 5. The molecule has 8 nitrogen and oxygen atoms in total. The van der Waals surface area contributed by atoms with Crippen LogP contribution in [0.2, 0.25) is 5.15 Å². The van der Waals surface area contributed by atoms with Crippen molar-refractivity contribution in [2.45, 2.75) is 13.5 Å². The van der Waals surface area contributed by atoms with Crippen molar-refractivity contribution in [2.75, 3.05) is 10.6 Å². The summed E-state index contributed by atoms with van der Waals surface area (Å²) in [5.41, 5.74) is 2.00. The molecule has 0 radical (unpaired) electrons. The van der Waals surface area contributed by atoms with Crippen molar-refractivity contribution in [1.29, 1.82) is 0 Å². The average molecular weight is 345 g/mol. The van der Waals surface area contributed by atoms with Crippen LogP contribution in [0.25, 0.3) is 0 Å². The molecule has 122 valence electrons.